The maximum Gasteiger partial charge on any atom is 0.164 e. The van der Waals surface area contributed by atoms with Crippen LogP contribution in [0, 0.1) is 0 Å². The lowest BCUT2D eigenvalue weighted by atomic mass is 9.81. The lowest BCUT2D eigenvalue weighted by Gasteiger charge is -2.22. The second kappa shape index (κ2) is 10.8. The van der Waals surface area contributed by atoms with Gasteiger partial charge >= 0.3 is 0 Å². The fraction of sp³-hybridized carbons (Fsp3) is 0.0714. The van der Waals surface area contributed by atoms with Gasteiger partial charge < -0.3 is 0 Å². The first kappa shape index (κ1) is 9.66. The Hall–Kier alpha value is -5.67. The van der Waals surface area contributed by atoms with Gasteiger partial charge in [0.25, 0.3) is 0 Å². The van der Waals surface area contributed by atoms with Gasteiger partial charge in [-0.2, -0.15) is 0 Å². The van der Waals surface area contributed by atoms with E-state index in [0.717, 1.165) is 0 Å². The second-order valence-electron chi connectivity index (χ2n) is 9.31. The molecule has 0 N–H and O–H groups in total. The molecule has 45 heavy (non-hydrogen) atoms. The van der Waals surface area contributed by atoms with Crippen LogP contribution in [0.2, 0.25) is 0 Å². The highest BCUT2D eigenvalue weighted by molar-refractivity contribution is 5.84. The van der Waals surface area contributed by atoms with Gasteiger partial charge in [-0.05, 0) is 62.6 Å². The number of fused-ring (bicyclic) bond motifs is 3. The number of aromatic nitrogens is 3. The SMILES string of the molecule is [2H]c1c([2H])c([2H])c(-c2nc(-c3c([2H])c([2H])c([2H])c([2H])c3[2H])nc(-c3c([2H])c([2H])c([2H])c(-c4c([2H])c([2H])c([2H])c(-c5c([2H])c([2H])c6c(c5[2H])C(C([2H])([2H])[2H])(C([2H])([2H])[2H])c5c([2H])c([2H])c([2H])c([2H])c5-6)c4[2H])c3[2H])n2)c([2H])c1[2H]. The molecule has 3 nitrogen and oxygen atoms in total. The minimum atomic E-state index is -3.87. The minimum Gasteiger partial charge on any atom is -0.208 e. The topological polar surface area (TPSA) is 38.7 Å². The summed E-state index contributed by atoms with van der Waals surface area (Å²) in [5.74, 6) is -2.73. The molecule has 7 aromatic rings. The van der Waals surface area contributed by atoms with Crippen LogP contribution >= 0.6 is 0 Å². The lowest BCUT2D eigenvalue weighted by molar-refractivity contribution is 0.660. The van der Waals surface area contributed by atoms with Crippen molar-refractivity contribution >= 4 is 0 Å². The van der Waals surface area contributed by atoms with E-state index < -0.39 is 249 Å². The summed E-state index contributed by atoms with van der Waals surface area (Å²) in [6.45, 7) is -7.74. The third kappa shape index (κ3) is 4.83. The molecule has 0 atom stereocenters. The first-order valence-corrected chi connectivity index (χ1v) is 12.8. The number of nitrogens with zero attached hydrogens (tertiary/aromatic N) is 3. The van der Waals surface area contributed by atoms with Crippen molar-refractivity contribution in [3.63, 3.8) is 0 Å². The average Bonchev–Trinajstić information content (AvgIpc) is 3.71. The molecule has 0 saturated heterocycles. The van der Waals surface area contributed by atoms with Crippen molar-refractivity contribution in [2.24, 2.45) is 0 Å². The van der Waals surface area contributed by atoms with E-state index in [1.165, 1.54) is 0 Å². The van der Waals surface area contributed by atoms with Crippen LogP contribution in [0.15, 0.2) is 151 Å². The summed E-state index contributed by atoms with van der Waals surface area (Å²) >= 11 is 0. The van der Waals surface area contributed by atoms with E-state index in [4.69, 9.17) is 35.6 Å². The highest BCUT2D eigenvalue weighted by Crippen LogP contribution is 2.49. The van der Waals surface area contributed by atoms with E-state index >= 15 is 0 Å². The Kier molecular flexibility index (Phi) is 2.32. The maximum atomic E-state index is 9.58. The molecule has 0 bridgehead atoms. The molecule has 1 aliphatic rings. The Morgan fingerprint density at radius 3 is 1.44 bits per heavy atom. The molecule has 8 rings (SSSR count). The van der Waals surface area contributed by atoms with Gasteiger partial charge in [-0.15, -0.1) is 0 Å². The van der Waals surface area contributed by atoms with Gasteiger partial charge in [0, 0.05) is 30.3 Å². The van der Waals surface area contributed by atoms with Crippen molar-refractivity contribution in [3.05, 3.63) is 162 Å². The van der Waals surface area contributed by atoms with Crippen LogP contribution in [0.3, 0.4) is 0 Å². The van der Waals surface area contributed by atoms with Gasteiger partial charge in [0.05, 0.1) is 34.3 Å². The zero-order valence-electron chi connectivity index (χ0n) is 53.3. The molecule has 1 heterocycles. The largest absolute Gasteiger partial charge is 0.208 e. The molecule has 0 fully saturated rings. The molecule has 0 spiro atoms. The molecule has 0 amide bonds. The molecule has 0 radical (unpaired) electrons. The number of hydrogen-bond acceptors (Lipinski definition) is 3. The van der Waals surface area contributed by atoms with Crippen LogP contribution in [-0.4, -0.2) is 15.0 Å². The van der Waals surface area contributed by atoms with E-state index in [2.05, 4.69) is 15.0 Å². The van der Waals surface area contributed by atoms with Crippen LogP contribution in [0.4, 0.5) is 0 Å². The van der Waals surface area contributed by atoms with E-state index in [-0.39, 0.29) is 0 Å². The fourth-order valence-corrected chi connectivity index (χ4v) is 4.52. The molecule has 1 aromatic heterocycles. The van der Waals surface area contributed by atoms with Crippen LogP contribution in [0.25, 0.3) is 67.5 Å². The molecule has 0 saturated carbocycles. The number of rotatable bonds is 5. The van der Waals surface area contributed by atoms with E-state index in [9.17, 15) is 6.85 Å². The predicted octanol–water partition coefficient (Wildman–Crippen LogP) is 10.5. The predicted molar refractivity (Wildman–Crippen MR) is 185 cm³/mol. The van der Waals surface area contributed by atoms with Crippen molar-refractivity contribution in [1.29, 1.82) is 0 Å². The zero-order valence-corrected chi connectivity index (χ0v) is 22.3. The van der Waals surface area contributed by atoms with Crippen molar-refractivity contribution in [2.75, 3.05) is 0 Å². The van der Waals surface area contributed by atoms with Crippen LogP contribution in [0.1, 0.15) is 67.3 Å². The highest BCUT2D eigenvalue weighted by Gasteiger charge is 2.35. The smallest absolute Gasteiger partial charge is 0.164 e. The van der Waals surface area contributed by atoms with E-state index in [1.807, 2.05) is 0 Å². The Labute approximate surface area is 307 Å². The third-order valence-corrected chi connectivity index (χ3v) is 6.56. The van der Waals surface area contributed by atoms with Gasteiger partial charge in [0.15, 0.2) is 17.5 Å². The zero-order chi connectivity index (χ0) is 57.1. The first-order valence-electron chi connectivity index (χ1n) is 28.3. The molecular weight excluding hydrogens is 546 g/mol. The van der Waals surface area contributed by atoms with Crippen molar-refractivity contribution in [1.82, 2.24) is 15.0 Å². The lowest BCUT2D eigenvalue weighted by Crippen LogP contribution is -2.14. The summed E-state index contributed by atoms with van der Waals surface area (Å²) in [5, 5.41) is 0. The van der Waals surface area contributed by atoms with Gasteiger partial charge in [0.2, 0.25) is 0 Å². The van der Waals surface area contributed by atoms with Crippen molar-refractivity contribution in [2.45, 2.75) is 19.1 Å². The normalized spacial score (nSPS) is 23.2. The summed E-state index contributed by atoms with van der Waals surface area (Å²) in [6, 6.07) is -26.5. The molecule has 3 heteroatoms. The number of hydrogen-bond donors (Lipinski definition) is 0. The second-order valence-corrected chi connectivity index (χ2v) is 9.31. The average molecular weight is 609 g/mol. The summed E-state index contributed by atoms with van der Waals surface area (Å²) < 4.78 is 272. The van der Waals surface area contributed by atoms with Crippen molar-refractivity contribution in [3.8, 4) is 67.5 Å². The molecule has 0 unspecified atom stereocenters. The molecular formula is C42H31N3. The Bertz CT molecular complexity index is 3650. The summed E-state index contributed by atoms with van der Waals surface area (Å²) in [5.41, 5.74) is -14.3. The van der Waals surface area contributed by atoms with Crippen LogP contribution in [0.5, 0.6) is 0 Å². The van der Waals surface area contributed by atoms with Gasteiger partial charge in [-0.1, -0.05) is 147 Å². The molecule has 6 aromatic carbocycles. The van der Waals surface area contributed by atoms with Crippen LogP contribution < -0.4 is 0 Å². The summed E-state index contributed by atoms with van der Waals surface area (Å²) in [7, 11) is 0. The van der Waals surface area contributed by atoms with E-state index in [1.54, 1.807) is 0 Å². The molecule has 1 aliphatic carbocycles. The monoisotopic (exact) mass is 608 g/mol. The summed E-state index contributed by atoms with van der Waals surface area (Å²) in [6.07, 6.45) is 0. The van der Waals surface area contributed by atoms with Gasteiger partial charge in [-0.3, -0.25) is 0 Å². The van der Waals surface area contributed by atoms with Gasteiger partial charge in [0.1, 0.15) is 0 Å². The van der Waals surface area contributed by atoms with Gasteiger partial charge in [-0.25, -0.2) is 15.0 Å². The quantitative estimate of drug-likeness (QED) is 0.195. The Morgan fingerprint density at radius 1 is 0.400 bits per heavy atom. The fourth-order valence-electron chi connectivity index (χ4n) is 4.52. The number of benzene rings is 6. The Morgan fingerprint density at radius 2 is 0.844 bits per heavy atom. The first-order chi connectivity index (χ1) is 35.0. The third-order valence-electron chi connectivity index (χ3n) is 6.56. The molecule has 214 valence electrons. The van der Waals surface area contributed by atoms with Crippen LogP contribution in [-0.2, 0) is 5.41 Å². The standard InChI is InChI=1S/C42H31N3/c1-42(2)37-22-10-9-21-35(37)36-24-23-33(27-38(36)42)31-18-11-17-30(25-31)32-19-12-20-34(26-32)41-44-39(28-13-5-3-6-14-28)43-40(45-41)29-15-7-4-8-16-29/h3-27H,1-2H3/i1D3,2D3,3D,4D,5D,6D,7D,8D,9D,10D,11D,12D,13D,14D,15D,16D,17D,18D,19D,20D,21D,22D,23D,24D,25D,26D,27D. The minimum absolute atomic E-state index is 0.774. The highest BCUT2D eigenvalue weighted by atomic mass is 15.0. The maximum absolute atomic E-state index is 9.58. The molecule has 0 aliphatic heterocycles. The Balaban J connectivity index is 1.52. The summed E-state index contributed by atoms with van der Waals surface area (Å²) in [4.78, 5) is 12.5. The van der Waals surface area contributed by atoms with E-state index in [0.29, 0.717) is 0 Å². The van der Waals surface area contributed by atoms with Crippen molar-refractivity contribution < 1.29 is 42.5 Å².